The van der Waals surface area contributed by atoms with E-state index in [9.17, 15) is 30.2 Å². The van der Waals surface area contributed by atoms with Crippen LogP contribution in [0.25, 0.3) is 11.3 Å². The number of hydrogen-bond acceptors (Lipinski definition) is 8. The molecular formula is C22H24BrF2N2O7PS3. The molecule has 16 heteroatoms. The van der Waals surface area contributed by atoms with E-state index in [1.807, 2.05) is 0 Å². The van der Waals surface area contributed by atoms with Crippen LogP contribution in [0.1, 0.15) is 17.5 Å². The molecule has 3 rings (SSSR count). The molecular weight excluding hydrogens is 649 g/mol. The molecule has 0 saturated heterocycles. The normalized spacial score (nSPS) is 13.0. The quantitative estimate of drug-likeness (QED) is 0.279. The topological polar surface area (TPSA) is 142 Å². The second-order valence-corrected chi connectivity index (χ2v) is 16.2. The van der Waals surface area contributed by atoms with Gasteiger partial charge in [-0.05, 0) is 30.2 Å². The third kappa shape index (κ3) is 7.68. The molecule has 9 nitrogen and oxygen atoms in total. The lowest BCUT2D eigenvalue weighted by atomic mass is 10.1. The molecule has 3 aromatic rings. The van der Waals surface area contributed by atoms with E-state index >= 15 is 0 Å². The van der Waals surface area contributed by atoms with E-state index in [1.54, 1.807) is 22.4 Å². The van der Waals surface area contributed by atoms with Crippen LogP contribution in [0.3, 0.4) is 0 Å². The number of nitrogens with zero attached hydrogens (tertiary/aromatic N) is 2. The molecule has 0 aliphatic heterocycles. The molecule has 0 aliphatic rings. The molecule has 38 heavy (non-hydrogen) atoms. The van der Waals surface area contributed by atoms with E-state index in [0.717, 1.165) is 18.6 Å². The van der Waals surface area contributed by atoms with Gasteiger partial charge in [-0.15, -0.1) is 11.3 Å². The maximum Gasteiger partial charge on any atom is 0.399 e. The van der Waals surface area contributed by atoms with Crippen molar-refractivity contribution in [2.75, 3.05) is 29.7 Å². The molecule has 0 fully saturated rings. The lowest BCUT2D eigenvalue weighted by molar-refractivity contribution is 0.0557. The van der Waals surface area contributed by atoms with Gasteiger partial charge in [-0.2, -0.15) is 8.78 Å². The first-order valence-electron chi connectivity index (χ1n) is 10.8. The highest BCUT2D eigenvalue weighted by atomic mass is 79.9. The molecule has 0 amide bonds. The van der Waals surface area contributed by atoms with E-state index in [4.69, 9.17) is 9.79 Å². The summed E-state index contributed by atoms with van der Waals surface area (Å²) >= 11 is 4.24. The van der Waals surface area contributed by atoms with Gasteiger partial charge in [0.15, 0.2) is 15.0 Å². The molecule has 0 unspecified atom stereocenters. The van der Waals surface area contributed by atoms with Crippen LogP contribution in [0, 0.1) is 0 Å². The minimum atomic E-state index is -5.75. The number of benzene rings is 2. The average molecular weight is 674 g/mol. The summed E-state index contributed by atoms with van der Waals surface area (Å²) in [5.74, 6) is -0.0776. The van der Waals surface area contributed by atoms with Crippen LogP contribution in [-0.2, 0) is 36.4 Å². The summed E-state index contributed by atoms with van der Waals surface area (Å²) in [6.07, 6.45) is 2.50. The summed E-state index contributed by atoms with van der Waals surface area (Å²) < 4.78 is 86.2. The Balaban J connectivity index is 1.90. The van der Waals surface area contributed by atoms with Crippen molar-refractivity contribution in [1.82, 2.24) is 4.98 Å². The molecule has 0 saturated carbocycles. The number of aromatic nitrogens is 1. The Morgan fingerprint density at radius 1 is 1.08 bits per heavy atom. The first kappa shape index (κ1) is 30.8. The zero-order chi connectivity index (χ0) is 28.5. The predicted octanol–water partition coefficient (Wildman–Crippen LogP) is 4.64. The molecule has 1 aromatic heterocycles. The molecule has 0 spiro atoms. The van der Waals surface area contributed by atoms with Crippen LogP contribution >= 0.6 is 34.9 Å². The largest absolute Gasteiger partial charge is 0.399 e. The van der Waals surface area contributed by atoms with Crippen LogP contribution in [-0.4, -0.2) is 56.4 Å². The van der Waals surface area contributed by atoms with Crippen molar-refractivity contribution < 1.29 is 40.0 Å². The maximum atomic E-state index is 14.2. The van der Waals surface area contributed by atoms with Crippen molar-refractivity contribution in [3.8, 4) is 11.3 Å². The molecule has 2 N–H and O–H groups in total. The first-order chi connectivity index (χ1) is 17.4. The third-order valence-electron chi connectivity index (χ3n) is 5.38. The van der Waals surface area contributed by atoms with Crippen LogP contribution in [0.15, 0.2) is 57.2 Å². The van der Waals surface area contributed by atoms with E-state index in [1.165, 1.54) is 35.6 Å². The second-order valence-electron chi connectivity index (χ2n) is 8.62. The molecule has 1 heterocycles. The summed E-state index contributed by atoms with van der Waals surface area (Å²) in [5.41, 5.74) is -3.49. The molecule has 0 bridgehead atoms. The number of halogens is 3. The fourth-order valence-electron chi connectivity index (χ4n) is 3.45. The molecule has 2 aromatic carbocycles. The lowest BCUT2D eigenvalue weighted by Crippen LogP contribution is -2.25. The minimum Gasteiger partial charge on any atom is -0.344 e. The SMILES string of the molecule is CS(=O)(=O)CCCN(Cc1ccc(C(F)(F)P(=O)(O)O)c(Br)c1)c1nc(-c2ccc(S(C)(=O)=O)cc2)cs1. The highest BCUT2D eigenvalue weighted by Crippen LogP contribution is 2.60. The van der Waals surface area contributed by atoms with Crippen molar-refractivity contribution in [3.05, 3.63) is 63.4 Å². The Labute approximate surface area is 231 Å². The summed E-state index contributed by atoms with van der Waals surface area (Å²) in [6, 6.07) is 9.76. The smallest absolute Gasteiger partial charge is 0.344 e. The zero-order valence-corrected chi connectivity index (χ0v) is 25.0. The summed E-state index contributed by atoms with van der Waals surface area (Å²) in [7, 11) is -12.3. The number of rotatable bonds is 11. The Morgan fingerprint density at radius 3 is 2.24 bits per heavy atom. The fraction of sp³-hybridized carbons (Fsp3) is 0.318. The Bertz CT molecular complexity index is 1570. The Hall–Kier alpha value is -1.74. The van der Waals surface area contributed by atoms with Gasteiger partial charge in [0.05, 0.1) is 16.3 Å². The van der Waals surface area contributed by atoms with E-state index in [0.29, 0.717) is 22.0 Å². The van der Waals surface area contributed by atoms with E-state index in [2.05, 4.69) is 20.9 Å². The van der Waals surface area contributed by atoms with Gasteiger partial charge in [-0.3, -0.25) is 4.57 Å². The van der Waals surface area contributed by atoms with Gasteiger partial charge in [0.2, 0.25) is 0 Å². The summed E-state index contributed by atoms with van der Waals surface area (Å²) in [4.78, 5) is 24.6. The number of thiazole rings is 1. The zero-order valence-electron chi connectivity index (χ0n) is 20.1. The lowest BCUT2D eigenvalue weighted by Gasteiger charge is -2.23. The Morgan fingerprint density at radius 2 is 1.71 bits per heavy atom. The molecule has 0 aliphatic carbocycles. The first-order valence-corrected chi connectivity index (χ1v) is 18.0. The standard InChI is InChI=1S/C22H24BrF2N2O7PS3/c1-37(31,32)11-3-10-27(13-15-4-9-18(19(23)12-15)22(24,25)35(28,29)30)21-26-20(14-36-21)16-5-7-17(8-6-16)38(2,33)34/h4-9,12,14H,3,10-11,13H2,1-2H3,(H2,28,29,30). The predicted molar refractivity (Wildman–Crippen MR) is 146 cm³/mol. The molecule has 208 valence electrons. The molecule has 0 radical (unpaired) electrons. The van der Waals surface area contributed by atoms with Gasteiger partial charge in [0, 0.05) is 46.6 Å². The van der Waals surface area contributed by atoms with Gasteiger partial charge in [0.25, 0.3) is 0 Å². The number of sulfone groups is 2. The van der Waals surface area contributed by atoms with Crippen LogP contribution < -0.4 is 4.90 Å². The van der Waals surface area contributed by atoms with Crippen molar-refractivity contribution >= 4 is 59.7 Å². The third-order valence-corrected chi connectivity index (χ3v) is 10.1. The highest BCUT2D eigenvalue weighted by Gasteiger charge is 2.51. The van der Waals surface area contributed by atoms with E-state index < -0.39 is 38.5 Å². The van der Waals surface area contributed by atoms with Gasteiger partial charge in [0.1, 0.15) is 9.84 Å². The monoisotopic (exact) mass is 672 g/mol. The van der Waals surface area contributed by atoms with Crippen LogP contribution in [0.4, 0.5) is 13.9 Å². The summed E-state index contributed by atoms with van der Waals surface area (Å²) in [5, 5.41) is 2.27. The Kier molecular flexibility index (Phi) is 9.24. The maximum absolute atomic E-state index is 14.2. The second kappa shape index (κ2) is 11.4. The number of hydrogen-bond donors (Lipinski definition) is 2. The van der Waals surface area contributed by atoms with Crippen LogP contribution in [0.2, 0.25) is 0 Å². The fourth-order valence-corrected chi connectivity index (χ4v) is 6.94. The average Bonchev–Trinajstić information content (AvgIpc) is 3.26. The van der Waals surface area contributed by atoms with Crippen molar-refractivity contribution in [1.29, 1.82) is 0 Å². The van der Waals surface area contributed by atoms with E-state index in [-0.39, 0.29) is 34.6 Å². The van der Waals surface area contributed by atoms with Crippen molar-refractivity contribution in [3.63, 3.8) is 0 Å². The van der Waals surface area contributed by atoms with Gasteiger partial charge in [-0.25, -0.2) is 21.8 Å². The van der Waals surface area contributed by atoms with Crippen molar-refractivity contribution in [2.24, 2.45) is 0 Å². The molecule has 0 atom stereocenters. The summed E-state index contributed by atoms with van der Waals surface area (Å²) in [6.45, 7) is 0.412. The van der Waals surface area contributed by atoms with Gasteiger partial charge < -0.3 is 14.7 Å². The number of alkyl halides is 2. The van der Waals surface area contributed by atoms with Gasteiger partial charge >= 0.3 is 13.3 Å². The van der Waals surface area contributed by atoms with Crippen LogP contribution in [0.5, 0.6) is 0 Å². The van der Waals surface area contributed by atoms with Crippen molar-refractivity contribution in [2.45, 2.75) is 23.5 Å². The van der Waals surface area contributed by atoms with Gasteiger partial charge in [-0.1, -0.05) is 40.2 Å². The highest BCUT2D eigenvalue weighted by molar-refractivity contribution is 9.10. The number of anilines is 1. The minimum absolute atomic E-state index is 0.0776.